The summed E-state index contributed by atoms with van der Waals surface area (Å²) in [7, 11) is 0. The fourth-order valence-corrected chi connectivity index (χ4v) is 2.47. The lowest BCUT2D eigenvalue weighted by molar-refractivity contribution is -0.116. The van der Waals surface area contributed by atoms with E-state index in [1.54, 1.807) is 18.2 Å². The Bertz CT molecular complexity index is 733. The Morgan fingerprint density at radius 1 is 1.24 bits per heavy atom. The zero-order valence-corrected chi connectivity index (χ0v) is 11.8. The van der Waals surface area contributed by atoms with Gasteiger partial charge in [0.25, 0.3) is 0 Å². The average Bonchev–Trinajstić information content (AvgIpc) is 2.45. The molecule has 0 unspecified atom stereocenters. The average molecular weight is 306 g/mol. The number of nitrogens with one attached hydrogen (secondary N) is 2. The van der Waals surface area contributed by atoms with Gasteiger partial charge in [-0.3, -0.25) is 4.79 Å². The number of halogens is 2. The van der Waals surface area contributed by atoms with Crippen molar-refractivity contribution in [2.24, 2.45) is 0 Å². The molecule has 108 valence electrons. The number of carbonyl (C=O) groups excluding carboxylic acids is 1. The minimum absolute atomic E-state index is 0.0245. The van der Waals surface area contributed by atoms with Crippen molar-refractivity contribution in [2.75, 3.05) is 16.4 Å². The number of nitrogen functional groups attached to an aromatic ring is 1. The fourth-order valence-electron chi connectivity index (χ4n) is 2.30. The van der Waals surface area contributed by atoms with Crippen LogP contribution in [0.4, 0.5) is 27.1 Å². The standard InChI is InChI=1S/C15H13ClFN3O/c16-9-2-1-3-11(15(9)17)19-13-6-8-4-5-14(21)20-12(8)7-10(13)18/h1-3,6-7,19H,4-5,18H2,(H,20,21). The number of aryl methyl sites for hydroxylation is 1. The van der Waals surface area contributed by atoms with Crippen molar-refractivity contribution in [2.45, 2.75) is 12.8 Å². The number of hydrogen-bond acceptors (Lipinski definition) is 3. The molecule has 0 atom stereocenters. The van der Waals surface area contributed by atoms with Crippen LogP contribution in [0.5, 0.6) is 0 Å². The molecule has 4 nitrogen and oxygen atoms in total. The summed E-state index contributed by atoms with van der Waals surface area (Å²) in [6.45, 7) is 0. The summed E-state index contributed by atoms with van der Waals surface area (Å²) in [5, 5.41) is 5.76. The number of carbonyl (C=O) groups is 1. The van der Waals surface area contributed by atoms with E-state index in [1.807, 2.05) is 6.07 Å². The Morgan fingerprint density at radius 3 is 2.86 bits per heavy atom. The van der Waals surface area contributed by atoms with Crippen LogP contribution in [0.1, 0.15) is 12.0 Å². The Hall–Kier alpha value is -2.27. The van der Waals surface area contributed by atoms with Crippen molar-refractivity contribution in [3.63, 3.8) is 0 Å². The first-order valence-electron chi connectivity index (χ1n) is 6.48. The van der Waals surface area contributed by atoms with Crippen LogP contribution in [0.25, 0.3) is 0 Å². The van der Waals surface area contributed by atoms with Gasteiger partial charge in [0.05, 0.1) is 22.1 Å². The summed E-state index contributed by atoms with van der Waals surface area (Å²) in [6, 6.07) is 8.22. The summed E-state index contributed by atoms with van der Waals surface area (Å²) in [6.07, 6.45) is 1.07. The maximum atomic E-state index is 13.9. The Labute approximate surface area is 126 Å². The van der Waals surface area contributed by atoms with Crippen molar-refractivity contribution in [3.8, 4) is 0 Å². The Kier molecular flexibility index (Phi) is 3.43. The lowest BCUT2D eigenvalue weighted by Gasteiger charge is -2.20. The second-order valence-corrected chi connectivity index (χ2v) is 5.28. The van der Waals surface area contributed by atoms with Gasteiger partial charge in [-0.2, -0.15) is 0 Å². The van der Waals surface area contributed by atoms with E-state index in [4.69, 9.17) is 17.3 Å². The van der Waals surface area contributed by atoms with E-state index in [2.05, 4.69) is 10.6 Å². The number of rotatable bonds is 2. The topological polar surface area (TPSA) is 67.1 Å². The van der Waals surface area contributed by atoms with Crippen LogP contribution in [0.15, 0.2) is 30.3 Å². The monoisotopic (exact) mass is 305 g/mol. The summed E-state index contributed by atoms with van der Waals surface area (Å²) >= 11 is 5.76. The number of hydrogen-bond donors (Lipinski definition) is 3. The first-order chi connectivity index (χ1) is 10.0. The van der Waals surface area contributed by atoms with E-state index in [0.29, 0.717) is 29.9 Å². The number of benzene rings is 2. The van der Waals surface area contributed by atoms with Gasteiger partial charge >= 0.3 is 0 Å². The molecule has 0 fully saturated rings. The van der Waals surface area contributed by atoms with Gasteiger partial charge in [-0.15, -0.1) is 0 Å². The summed E-state index contributed by atoms with van der Waals surface area (Å²) < 4.78 is 13.9. The molecule has 3 rings (SSSR count). The minimum Gasteiger partial charge on any atom is -0.397 e. The second-order valence-electron chi connectivity index (χ2n) is 4.87. The molecule has 2 aromatic carbocycles. The van der Waals surface area contributed by atoms with Crippen molar-refractivity contribution in [1.29, 1.82) is 0 Å². The maximum absolute atomic E-state index is 13.9. The lowest BCUT2D eigenvalue weighted by atomic mass is 10.0. The zero-order chi connectivity index (χ0) is 15.0. The highest BCUT2D eigenvalue weighted by Gasteiger charge is 2.17. The van der Waals surface area contributed by atoms with Crippen LogP contribution in [0.3, 0.4) is 0 Å². The van der Waals surface area contributed by atoms with Crippen LogP contribution in [-0.4, -0.2) is 5.91 Å². The van der Waals surface area contributed by atoms with E-state index in [-0.39, 0.29) is 16.6 Å². The first kappa shape index (κ1) is 13.7. The number of nitrogens with two attached hydrogens (primary N) is 1. The third-order valence-corrected chi connectivity index (χ3v) is 3.68. The van der Waals surface area contributed by atoms with Gasteiger partial charge in [-0.1, -0.05) is 17.7 Å². The molecule has 0 saturated heterocycles. The molecule has 1 heterocycles. The SMILES string of the molecule is Nc1cc2c(cc1Nc1cccc(Cl)c1F)CCC(=O)N2. The predicted octanol–water partition coefficient (Wildman–Crippen LogP) is 3.69. The smallest absolute Gasteiger partial charge is 0.224 e. The fraction of sp³-hybridized carbons (Fsp3) is 0.133. The van der Waals surface area contributed by atoms with Crippen LogP contribution in [-0.2, 0) is 11.2 Å². The van der Waals surface area contributed by atoms with Gasteiger partial charge in [0, 0.05) is 12.1 Å². The van der Waals surface area contributed by atoms with Gasteiger partial charge in [0.1, 0.15) is 0 Å². The van der Waals surface area contributed by atoms with Gasteiger partial charge in [-0.05, 0) is 36.2 Å². The van der Waals surface area contributed by atoms with E-state index >= 15 is 0 Å². The largest absolute Gasteiger partial charge is 0.397 e. The molecule has 4 N–H and O–H groups in total. The van der Waals surface area contributed by atoms with E-state index in [1.165, 1.54) is 6.07 Å². The summed E-state index contributed by atoms with van der Waals surface area (Å²) in [4.78, 5) is 11.4. The minimum atomic E-state index is -0.524. The molecule has 0 saturated carbocycles. The number of anilines is 4. The molecule has 1 aliphatic heterocycles. The van der Waals surface area contributed by atoms with E-state index < -0.39 is 5.82 Å². The van der Waals surface area contributed by atoms with Gasteiger partial charge in [0.15, 0.2) is 5.82 Å². The molecule has 1 aliphatic rings. The summed E-state index contributed by atoms with van der Waals surface area (Å²) in [5.74, 6) is -0.548. The van der Waals surface area contributed by atoms with Crippen LogP contribution < -0.4 is 16.4 Å². The second kappa shape index (κ2) is 5.26. The quantitative estimate of drug-likeness (QED) is 0.741. The predicted molar refractivity (Wildman–Crippen MR) is 82.5 cm³/mol. The lowest BCUT2D eigenvalue weighted by Crippen LogP contribution is -2.19. The highest BCUT2D eigenvalue weighted by Crippen LogP contribution is 2.34. The Morgan fingerprint density at radius 2 is 2.05 bits per heavy atom. The van der Waals surface area contributed by atoms with Crippen LogP contribution in [0.2, 0.25) is 5.02 Å². The van der Waals surface area contributed by atoms with E-state index in [9.17, 15) is 9.18 Å². The molecule has 2 aromatic rings. The van der Waals surface area contributed by atoms with Crippen molar-refractivity contribution in [3.05, 3.63) is 46.7 Å². The normalized spacial score (nSPS) is 13.5. The number of amides is 1. The third-order valence-electron chi connectivity index (χ3n) is 3.39. The first-order valence-corrected chi connectivity index (χ1v) is 6.85. The molecule has 0 aromatic heterocycles. The zero-order valence-electron chi connectivity index (χ0n) is 11.0. The molecule has 0 aliphatic carbocycles. The number of fused-ring (bicyclic) bond motifs is 1. The molecule has 6 heteroatoms. The maximum Gasteiger partial charge on any atom is 0.224 e. The van der Waals surface area contributed by atoms with Gasteiger partial charge in [0.2, 0.25) is 5.91 Å². The van der Waals surface area contributed by atoms with Crippen molar-refractivity contribution in [1.82, 2.24) is 0 Å². The molecule has 21 heavy (non-hydrogen) atoms. The molecule has 0 bridgehead atoms. The Balaban J connectivity index is 1.96. The van der Waals surface area contributed by atoms with Crippen LogP contribution in [0, 0.1) is 5.82 Å². The van der Waals surface area contributed by atoms with E-state index in [0.717, 1.165) is 5.56 Å². The van der Waals surface area contributed by atoms with Crippen LogP contribution >= 0.6 is 11.6 Å². The summed E-state index contributed by atoms with van der Waals surface area (Å²) in [5.41, 5.74) is 8.91. The van der Waals surface area contributed by atoms with Crippen molar-refractivity contribution < 1.29 is 9.18 Å². The molecule has 1 amide bonds. The molecular weight excluding hydrogens is 293 g/mol. The molecular formula is C15H13ClFN3O. The third kappa shape index (κ3) is 2.64. The molecule has 0 spiro atoms. The highest BCUT2D eigenvalue weighted by molar-refractivity contribution is 6.31. The van der Waals surface area contributed by atoms with Gasteiger partial charge in [-0.25, -0.2) is 4.39 Å². The highest BCUT2D eigenvalue weighted by atomic mass is 35.5. The van der Waals surface area contributed by atoms with Crippen molar-refractivity contribution >= 4 is 40.3 Å². The molecule has 0 radical (unpaired) electrons. The van der Waals surface area contributed by atoms with Gasteiger partial charge < -0.3 is 16.4 Å².